The Morgan fingerprint density at radius 3 is 1.85 bits per heavy atom. The Morgan fingerprint density at radius 2 is 1.25 bits per heavy atom. The Labute approximate surface area is 407 Å². The molecule has 71 heavy (non-hydrogen) atoms. The third kappa shape index (κ3) is 16.3. The minimum absolute atomic E-state index is 0.0443. The van der Waals surface area contributed by atoms with E-state index >= 15 is 0 Å². The number of aliphatic carboxylic acids is 1. The van der Waals surface area contributed by atoms with Crippen molar-refractivity contribution in [1.82, 2.24) is 41.8 Å². The van der Waals surface area contributed by atoms with Crippen molar-refractivity contribution in [3.05, 3.63) is 71.9 Å². The third-order valence-electron chi connectivity index (χ3n) is 11.6. The maximum atomic E-state index is 14.1. The van der Waals surface area contributed by atoms with Gasteiger partial charge in [-0.15, -0.1) is 0 Å². The molecule has 17 N–H and O–H groups in total. The number of hydrogen-bond donors (Lipinski definition) is 13. The molecule has 2 aromatic carbocycles. The second kappa shape index (κ2) is 26.2. The SMILES string of the molecule is CC(C)C(NC(=O)C(N)CCC(=O)O)C(=O)NC(CC(N)=O)C(=O)NC(Cc1ccccc1)C(=O)NC(CO)C(=O)N1CCCC1C(=O)NC(CC(N)=O)C(=O)NC(Cc1c[nH]c2ccccc12)C(N)=O. The zero-order chi connectivity index (χ0) is 52.5. The zero-order valence-electron chi connectivity index (χ0n) is 39.2. The summed E-state index contributed by atoms with van der Waals surface area (Å²) in [5.74, 6) is -11.4. The number of H-pyrrole nitrogens is 1. The zero-order valence-corrected chi connectivity index (χ0v) is 39.2. The summed E-state index contributed by atoms with van der Waals surface area (Å²) < 4.78 is 0. The van der Waals surface area contributed by atoms with Crippen LogP contribution in [-0.2, 0) is 65.6 Å². The van der Waals surface area contributed by atoms with Gasteiger partial charge in [0.2, 0.25) is 59.1 Å². The summed E-state index contributed by atoms with van der Waals surface area (Å²) in [7, 11) is 0. The maximum Gasteiger partial charge on any atom is 0.303 e. The van der Waals surface area contributed by atoms with E-state index in [1.165, 1.54) is 0 Å². The molecule has 8 unspecified atom stereocenters. The van der Waals surface area contributed by atoms with E-state index in [-0.39, 0.29) is 38.6 Å². The molecule has 8 atom stereocenters. The first-order valence-electron chi connectivity index (χ1n) is 22.8. The van der Waals surface area contributed by atoms with Crippen molar-refractivity contribution in [3.8, 4) is 0 Å². The van der Waals surface area contributed by atoms with Crippen molar-refractivity contribution in [2.45, 2.75) is 114 Å². The third-order valence-corrected chi connectivity index (χ3v) is 11.6. The van der Waals surface area contributed by atoms with E-state index in [1.807, 2.05) is 6.07 Å². The van der Waals surface area contributed by atoms with E-state index in [4.69, 9.17) is 28.0 Å². The molecule has 0 bridgehead atoms. The van der Waals surface area contributed by atoms with E-state index in [2.05, 4.69) is 36.9 Å². The monoisotopic (exact) mass is 990 g/mol. The van der Waals surface area contributed by atoms with E-state index in [9.17, 15) is 57.8 Å². The smallest absolute Gasteiger partial charge is 0.303 e. The van der Waals surface area contributed by atoms with Gasteiger partial charge in [-0.1, -0.05) is 62.4 Å². The first kappa shape index (κ1) is 55.7. The molecule has 25 heteroatoms. The highest BCUT2D eigenvalue weighted by Crippen LogP contribution is 2.21. The predicted molar refractivity (Wildman–Crippen MR) is 252 cm³/mol. The number of nitrogens with two attached hydrogens (primary N) is 4. The van der Waals surface area contributed by atoms with Crippen LogP contribution in [0.15, 0.2) is 60.8 Å². The van der Waals surface area contributed by atoms with Crippen molar-refractivity contribution in [3.63, 3.8) is 0 Å². The number of aliphatic hydroxyl groups is 1. The highest BCUT2D eigenvalue weighted by Gasteiger charge is 2.40. The number of likely N-dealkylation sites (tertiary alicyclic amines) is 1. The molecule has 1 aromatic heterocycles. The van der Waals surface area contributed by atoms with E-state index in [0.29, 0.717) is 11.1 Å². The van der Waals surface area contributed by atoms with Gasteiger partial charge in [0.05, 0.1) is 25.5 Å². The standard InChI is InChI=1S/C46H62N12O13/c1-23(2)38(57-40(65)27(47)14-15-37(62)63)45(70)55-32(20-36(49)61)43(68)53-30(17-24-9-4-3-5-10-24)41(66)56-33(22-59)46(71)58-16-8-13-34(58)44(69)54-31(19-35(48)60)42(67)52-29(39(50)64)18-25-21-51-28-12-7-6-11-26(25)28/h3-7,9-12,21,23,27,29-34,38,51,59H,8,13-20,22,47H2,1-2H3,(H2,48,60)(H2,49,61)(H2,50,64)(H,52,67)(H,53,68)(H,54,69)(H,55,70)(H,56,66)(H,57,65)(H,62,63). The minimum Gasteiger partial charge on any atom is -0.481 e. The summed E-state index contributed by atoms with van der Waals surface area (Å²) in [6, 6.07) is 3.65. The molecule has 1 fully saturated rings. The van der Waals surface area contributed by atoms with Crippen molar-refractivity contribution in [1.29, 1.82) is 0 Å². The highest BCUT2D eigenvalue weighted by molar-refractivity contribution is 6.00. The van der Waals surface area contributed by atoms with Gasteiger partial charge in [-0.2, -0.15) is 0 Å². The van der Waals surface area contributed by atoms with Gasteiger partial charge in [0.15, 0.2) is 0 Å². The Balaban J connectivity index is 1.49. The number of rotatable bonds is 27. The van der Waals surface area contributed by atoms with Gasteiger partial charge in [-0.25, -0.2) is 0 Å². The molecule has 2 heterocycles. The number of nitrogens with zero attached hydrogens (tertiary/aromatic N) is 1. The number of carbonyl (C=O) groups is 11. The Hall–Kier alpha value is -7.93. The number of amides is 10. The normalized spacial score (nSPS) is 16.2. The summed E-state index contributed by atoms with van der Waals surface area (Å²) in [4.78, 5) is 148. The average molecular weight is 991 g/mol. The van der Waals surface area contributed by atoms with Crippen LogP contribution in [0.25, 0.3) is 10.9 Å². The van der Waals surface area contributed by atoms with Crippen LogP contribution in [0.1, 0.15) is 63.5 Å². The van der Waals surface area contributed by atoms with Gasteiger partial charge >= 0.3 is 5.97 Å². The fourth-order valence-electron chi connectivity index (χ4n) is 7.86. The molecule has 1 saturated heterocycles. The largest absolute Gasteiger partial charge is 0.481 e. The van der Waals surface area contributed by atoms with Crippen molar-refractivity contribution in [2.24, 2.45) is 28.9 Å². The fourth-order valence-corrected chi connectivity index (χ4v) is 7.86. The van der Waals surface area contributed by atoms with Gasteiger partial charge < -0.3 is 74.9 Å². The number of aromatic amines is 1. The summed E-state index contributed by atoms with van der Waals surface area (Å²) >= 11 is 0. The molecule has 0 saturated carbocycles. The van der Waals surface area contributed by atoms with Crippen LogP contribution >= 0.6 is 0 Å². The summed E-state index contributed by atoms with van der Waals surface area (Å²) in [6.07, 6.45) is -0.449. The van der Waals surface area contributed by atoms with Crippen LogP contribution in [0.5, 0.6) is 0 Å². The fraction of sp³-hybridized carbons (Fsp3) is 0.457. The highest BCUT2D eigenvalue weighted by atomic mass is 16.4. The first-order chi connectivity index (χ1) is 33.6. The Bertz CT molecular complexity index is 2450. The van der Waals surface area contributed by atoms with Crippen LogP contribution in [-0.4, -0.2) is 147 Å². The van der Waals surface area contributed by atoms with Crippen LogP contribution in [0, 0.1) is 5.92 Å². The van der Waals surface area contributed by atoms with Gasteiger partial charge in [-0.3, -0.25) is 52.7 Å². The van der Waals surface area contributed by atoms with Crippen LogP contribution in [0.4, 0.5) is 0 Å². The second-order valence-electron chi connectivity index (χ2n) is 17.4. The molecule has 1 aliphatic heterocycles. The van der Waals surface area contributed by atoms with Gasteiger partial charge in [-0.05, 0) is 42.4 Å². The topological polar surface area (TPSA) is 424 Å². The molecule has 0 spiro atoms. The van der Waals surface area contributed by atoms with E-state index in [0.717, 1.165) is 15.8 Å². The summed E-state index contributed by atoms with van der Waals surface area (Å²) in [5, 5.41) is 34.8. The van der Waals surface area contributed by atoms with Crippen LogP contribution < -0.4 is 54.8 Å². The van der Waals surface area contributed by atoms with Crippen LogP contribution in [0.2, 0.25) is 0 Å². The molecule has 4 rings (SSSR count). The molecule has 3 aromatic rings. The number of aromatic nitrogens is 1. The number of carboxylic acids is 1. The van der Waals surface area contributed by atoms with Crippen molar-refractivity contribution >= 4 is 75.9 Å². The Kier molecular flexibility index (Phi) is 20.5. The lowest BCUT2D eigenvalue weighted by Crippen LogP contribution is -2.61. The number of carbonyl (C=O) groups excluding carboxylic acids is 10. The number of para-hydroxylation sites is 1. The van der Waals surface area contributed by atoms with Gasteiger partial charge in [0.25, 0.3) is 0 Å². The number of fused-ring (bicyclic) bond motifs is 1. The quantitative estimate of drug-likeness (QED) is 0.0346. The molecular weight excluding hydrogens is 929 g/mol. The summed E-state index contributed by atoms with van der Waals surface area (Å²) in [6.45, 7) is 2.07. The number of benzene rings is 2. The lowest BCUT2D eigenvalue weighted by Gasteiger charge is -2.30. The van der Waals surface area contributed by atoms with Gasteiger partial charge in [0.1, 0.15) is 42.3 Å². The summed E-state index contributed by atoms with van der Waals surface area (Å²) in [5.41, 5.74) is 24.2. The van der Waals surface area contributed by atoms with Crippen LogP contribution in [0.3, 0.4) is 0 Å². The van der Waals surface area contributed by atoms with Crippen molar-refractivity contribution in [2.75, 3.05) is 13.2 Å². The predicted octanol–water partition coefficient (Wildman–Crippen LogP) is -4.07. The molecular formula is C46H62N12O13. The molecule has 10 amide bonds. The van der Waals surface area contributed by atoms with E-state index in [1.54, 1.807) is 68.6 Å². The number of aliphatic hydroxyl groups excluding tert-OH is 1. The Morgan fingerprint density at radius 1 is 0.690 bits per heavy atom. The number of primary amides is 3. The van der Waals surface area contributed by atoms with E-state index < -0.39 is 145 Å². The average Bonchev–Trinajstić information content (AvgIpc) is 3.98. The molecule has 25 nitrogen and oxygen atoms in total. The molecule has 384 valence electrons. The lowest BCUT2D eigenvalue weighted by molar-refractivity contribution is -0.143. The minimum atomic E-state index is -1.72. The first-order valence-corrected chi connectivity index (χ1v) is 22.8. The molecule has 0 radical (unpaired) electrons. The number of carboxylic acid groups (broad SMARTS) is 1. The maximum absolute atomic E-state index is 14.1. The molecule has 0 aliphatic carbocycles. The lowest BCUT2D eigenvalue weighted by atomic mass is 10.0. The number of hydrogen-bond acceptors (Lipinski definition) is 13. The van der Waals surface area contributed by atoms with Gasteiger partial charge in [0, 0.05) is 42.9 Å². The number of nitrogens with one attached hydrogen (secondary N) is 7. The van der Waals surface area contributed by atoms with Crippen molar-refractivity contribution < 1.29 is 63.0 Å². The molecule has 1 aliphatic rings. The second-order valence-corrected chi connectivity index (χ2v) is 17.4.